The summed E-state index contributed by atoms with van der Waals surface area (Å²) in [5.41, 5.74) is 2.97. The molecule has 1 fully saturated rings. The number of hydrogen-bond donors (Lipinski definition) is 1. The average molecular weight is 447 g/mol. The molecule has 0 radical (unpaired) electrons. The number of imidazole rings is 1. The summed E-state index contributed by atoms with van der Waals surface area (Å²) in [4.78, 5) is 17.3. The summed E-state index contributed by atoms with van der Waals surface area (Å²) in [5.74, 6) is 0.989. The van der Waals surface area contributed by atoms with Crippen LogP contribution in [0, 0.1) is 0 Å². The van der Waals surface area contributed by atoms with Crippen LogP contribution in [0.15, 0.2) is 66.9 Å². The van der Waals surface area contributed by atoms with E-state index in [0.29, 0.717) is 27.9 Å². The number of rotatable bonds is 5. The van der Waals surface area contributed by atoms with Crippen LogP contribution in [-0.4, -0.2) is 26.5 Å². The molecule has 1 N–H and O–H groups in total. The maximum absolute atomic E-state index is 12.8. The van der Waals surface area contributed by atoms with Crippen molar-refractivity contribution in [2.24, 2.45) is 0 Å². The first-order valence-corrected chi connectivity index (χ1v) is 11.2. The van der Waals surface area contributed by atoms with E-state index in [2.05, 4.69) is 15.4 Å². The molecule has 2 aromatic carbocycles. The topological polar surface area (TPSA) is 68.5 Å². The van der Waals surface area contributed by atoms with Gasteiger partial charge in [-0.05, 0) is 49.2 Å². The van der Waals surface area contributed by atoms with Gasteiger partial charge in [0.25, 0.3) is 5.91 Å². The van der Waals surface area contributed by atoms with Crippen LogP contribution in [0.1, 0.15) is 42.5 Å². The molecule has 1 saturated carbocycles. The molecular weight excluding hydrogens is 424 g/mol. The van der Waals surface area contributed by atoms with E-state index >= 15 is 0 Å². The molecule has 0 unspecified atom stereocenters. The molecule has 1 amide bonds. The number of fused-ring (bicyclic) bond motifs is 1. The van der Waals surface area contributed by atoms with Crippen molar-refractivity contribution in [1.82, 2.24) is 19.9 Å². The van der Waals surface area contributed by atoms with Gasteiger partial charge in [-0.15, -0.1) is 5.10 Å². The summed E-state index contributed by atoms with van der Waals surface area (Å²) in [6.45, 7) is 0. The van der Waals surface area contributed by atoms with Crippen LogP contribution in [0.5, 0.6) is 11.6 Å². The van der Waals surface area contributed by atoms with E-state index in [1.54, 1.807) is 28.9 Å². The lowest BCUT2D eigenvalue weighted by molar-refractivity contribution is 0.0927. The highest BCUT2D eigenvalue weighted by Gasteiger charge is 2.17. The molecule has 0 bridgehead atoms. The summed E-state index contributed by atoms with van der Waals surface area (Å²) in [6.07, 6.45) is 7.47. The van der Waals surface area contributed by atoms with Gasteiger partial charge in [-0.3, -0.25) is 4.79 Å². The van der Waals surface area contributed by atoms with E-state index in [1.807, 2.05) is 42.5 Å². The SMILES string of the molecule is O=C(NC1CCCCC1)c1cccc(-c2cnc3ccc(Oc4cccc(Cl)c4)nn23)c1. The van der Waals surface area contributed by atoms with Crippen LogP contribution in [0.4, 0.5) is 0 Å². The highest BCUT2D eigenvalue weighted by Crippen LogP contribution is 2.26. The molecule has 2 heterocycles. The molecule has 162 valence electrons. The molecule has 2 aromatic heterocycles. The first-order valence-electron chi connectivity index (χ1n) is 10.9. The number of nitrogens with one attached hydrogen (secondary N) is 1. The first kappa shape index (κ1) is 20.5. The first-order chi connectivity index (χ1) is 15.7. The van der Waals surface area contributed by atoms with E-state index in [-0.39, 0.29) is 11.9 Å². The number of hydrogen-bond acceptors (Lipinski definition) is 4. The number of amides is 1. The normalized spacial score (nSPS) is 14.4. The average Bonchev–Trinajstić information content (AvgIpc) is 3.23. The van der Waals surface area contributed by atoms with Crippen LogP contribution in [0.2, 0.25) is 5.02 Å². The molecule has 32 heavy (non-hydrogen) atoms. The Hall–Kier alpha value is -3.38. The lowest BCUT2D eigenvalue weighted by Crippen LogP contribution is -2.36. The van der Waals surface area contributed by atoms with Crippen molar-refractivity contribution in [3.63, 3.8) is 0 Å². The Bertz CT molecular complexity index is 1260. The molecule has 0 spiro atoms. The molecule has 7 heteroatoms. The Labute approximate surface area is 191 Å². The van der Waals surface area contributed by atoms with Gasteiger partial charge in [-0.25, -0.2) is 9.50 Å². The van der Waals surface area contributed by atoms with Crippen LogP contribution in [0.3, 0.4) is 0 Å². The highest BCUT2D eigenvalue weighted by atomic mass is 35.5. The van der Waals surface area contributed by atoms with Gasteiger partial charge >= 0.3 is 0 Å². The maximum atomic E-state index is 12.8. The van der Waals surface area contributed by atoms with E-state index in [4.69, 9.17) is 16.3 Å². The molecule has 1 aliphatic carbocycles. The van der Waals surface area contributed by atoms with Crippen molar-refractivity contribution in [1.29, 1.82) is 0 Å². The number of benzene rings is 2. The number of carbonyl (C=O) groups is 1. The zero-order chi connectivity index (χ0) is 21.9. The largest absolute Gasteiger partial charge is 0.438 e. The van der Waals surface area contributed by atoms with Crippen molar-refractivity contribution >= 4 is 23.2 Å². The Morgan fingerprint density at radius 1 is 1.03 bits per heavy atom. The minimum absolute atomic E-state index is 0.0366. The second-order valence-corrected chi connectivity index (χ2v) is 8.47. The fourth-order valence-electron chi connectivity index (χ4n) is 4.09. The van der Waals surface area contributed by atoms with Crippen molar-refractivity contribution in [2.75, 3.05) is 0 Å². The zero-order valence-electron chi connectivity index (χ0n) is 17.5. The second-order valence-electron chi connectivity index (χ2n) is 8.03. The third kappa shape index (κ3) is 4.46. The summed E-state index contributed by atoms with van der Waals surface area (Å²) in [5, 5.41) is 8.36. The predicted molar refractivity (Wildman–Crippen MR) is 124 cm³/mol. The molecule has 1 aliphatic rings. The van der Waals surface area contributed by atoms with E-state index in [0.717, 1.165) is 24.1 Å². The summed E-state index contributed by atoms with van der Waals surface area (Å²) in [7, 11) is 0. The van der Waals surface area contributed by atoms with Gasteiger partial charge in [0.15, 0.2) is 5.65 Å². The van der Waals surface area contributed by atoms with Crippen LogP contribution < -0.4 is 10.1 Å². The van der Waals surface area contributed by atoms with E-state index < -0.39 is 0 Å². The fourth-order valence-corrected chi connectivity index (χ4v) is 4.27. The van der Waals surface area contributed by atoms with Gasteiger partial charge in [0.05, 0.1) is 11.9 Å². The van der Waals surface area contributed by atoms with Gasteiger partial charge in [-0.2, -0.15) is 0 Å². The van der Waals surface area contributed by atoms with Gasteiger partial charge in [0.2, 0.25) is 5.88 Å². The Kier molecular flexibility index (Phi) is 5.77. The summed E-state index contributed by atoms with van der Waals surface area (Å²) < 4.78 is 7.59. The molecule has 4 aromatic rings. The predicted octanol–water partition coefficient (Wildman–Crippen LogP) is 5.90. The van der Waals surface area contributed by atoms with E-state index in [1.165, 1.54) is 19.3 Å². The molecule has 0 saturated heterocycles. The molecule has 0 aliphatic heterocycles. The third-order valence-electron chi connectivity index (χ3n) is 5.72. The van der Waals surface area contributed by atoms with Gasteiger partial charge in [0.1, 0.15) is 5.75 Å². The third-order valence-corrected chi connectivity index (χ3v) is 5.95. The van der Waals surface area contributed by atoms with Crippen molar-refractivity contribution < 1.29 is 9.53 Å². The number of ether oxygens (including phenoxy) is 1. The maximum Gasteiger partial charge on any atom is 0.251 e. The summed E-state index contributed by atoms with van der Waals surface area (Å²) in [6, 6.07) is 18.6. The summed E-state index contributed by atoms with van der Waals surface area (Å²) >= 11 is 6.05. The smallest absolute Gasteiger partial charge is 0.251 e. The van der Waals surface area contributed by atoms with Crippen molar-refractivity contribution in [3.8, 4) is 22.9 Å². The highest BCUT2D eigenvalue weighted by molar-refractivity contribution is 6.30. The Balaban J connectivity index is 1.41. The van der Waals surface area contributed by atoms with Gasteiger partial charge in [0, 0.05) is 28.3 Å². The Morgan fingerprint density at radius 2 is 1.88 bits per heavy atom. The fraction of sp³-hybridized carbons (Fsp3) is 0.240. The van der Waals surface area contributed by atoms with Gasteiger partial charge < -0.3 is 10.1 Å². The van der Waals surface area contributed by atoms with Crippen molar-refractivity contribution in [3.05, 3.63) is 77.4 Å². The van der Waals surface area contributed by atoms with Gasteiger partial charge in [-0.1, -0.05) is 49.1 Å². The van der Waals surface area contributed by atoms with E-state index in [9.17, 15) is 4.79 Å². The minimum Gasteiger partial charge on any atom is -0.438 e. The second kappa shape index (κ2) is 9.01. The van der Waals surface area contributed by atoms with Crippen LogP contribution in [-0.2, 0) is 0 Å². The number of halogens is 1. The molecule has 6 nitrogen and oxygen atoms in total. The number of aromatic nitrogens is 3. The minimum atomic E-state index is -0.0366. The molecule has 5 rings (SSSR count). The lowest BCUT2D eigenvalue weighted by atomic mass is 9.95. The zero-order valence-corrected chi connectivity index (χ0v) is 18.3. The molecule has 0 atom stereocenters. The molecular formula is C25H23ClN4O2. The van der Waals surface area contributed by atoms with Crippen molar-refractivity contribution in [2.45, 2.75) is 38.1 Å². The van der Waals surface area contributed by atoms with Crippen LogP contribution in [0.25, 0.3) is 16.9 Å². The quantitative estimate of drug-likeness (QED) is 0.414. The van der Waals surface area contributed by atoms with Crippen LogP contribution >= 0.6 is 11.6 Å². The standard InChI is InChI=1S/C25H23ClN4O2/c26-19-8-5-11-21(15-19)32-24-13-12-23-27-16-22(30(23)29-24)17-6-4-7-18(14-17)25(31)28-20-9-2-1-3-10-20/h4-8,11-16,20H,1-3,9-10H2,(H,28,31). The lowest BCUT2D eigenvalue weighted by Gasteiger charge is -2.22. The number of carbonyl (C=O) groups excluding carboxylic acids is 1. The monoisotopic (exact) mass is 446 g/mol. The Morgan fingerprint density at radius 3 is 2.72 bits per heavy atom. The number of nitrogens with zero attached hydrogens (tertiary/aromatic N) is 3.